The fourth-order valence-electron chi connectivity index (χ4n) is 2.84. The van der Waals surface area contributed by atoms with Gasteiger partial charge in [-0.15, -0.1) is 0 Å². The molecular formula is C22H21Br2NO. The van der Waals surface area contributed by atoms with Crippen LogP contribution in [0, 0.1) is 13.8 Å². The van der Waals surface area contributed by atoms with E-state index in [-0.39, 0.29) is 0 Å². The van der Waals surface area contributed by atoms with Gasteiger partial charge in [0.1, 0.15) is 12.4 Å². The van der Waals surface area contributed by atoms with E-state index in [9.17, 15) is 0 Å². The summed E-state index contributed by atoms with van der Waals surface area (Å²) < 4.78 is 8.11. The normalized spacial score (nSPS) is 10.6. The van der Waals surface area contributed by atoms with Crippen molar-refractivity contribution in [3.8, 4) is 5.75 Å². The molecule has 3 aromatic rings. The summed E-state index contributed by atoms with van der Waals surface area (Å²) in [5.41, 5.74) is 5.90. The molecule has 0 bridgehead atoms. The Kier molecular flexibility index (Phi) is 6.38. The van der Waals surface area contributed by atoms with Gasteiger partial charge in [0.25, 0.3) is 0 Å². The highest BCUT2D eigenvalue weighted by Gasteiger charge is 2.11. The summed E-state index contributed by atoms with van der Waals surface area (Å²) in [6, 6.07) is 20.8. The first-order chi connectivity index (χ1) is 12.5. The Morgan fingerprint density at radius 2 is 1.69 bits per heavy atom. The molecule has 3 aromatic carbocycles. The molecule has 0 saturated carbocycles. The fraction of sp³-hybridized carbons (Fsp3) is 0.182. The van der Waals surface area contributed by atoms with Gasteiger partial charge in [0.05, 0.1) is 4.47 Å². The van der Waals surface area contributed by atoms with E-state index in [4.69, 9.17) is 4.74 Å². The lowest BCUT2D eigenvalue weighted by Gasteiger charge is -2.16. The van der Waals surface area contributed by atoms with Crippen LogP contribution in [0.3, 0.4) is 0 Å². The molecular weight excluding hydrogens is 454 g/mol. The van der Waals surface area contributed by atoms with Crippen molar-refractivity contribution in [3.63, 3.8) is 0 Å². The largest absolute Gasteiger partial charge is 0.487 e. The van der Waals surface area contributed by atoms with Gasteiger partial charge < -0.3 is 10.1 Å². The highest BCUT2D eigenvalue weighted by Crippen LogP contribution is 2.34. The first-order valence-electron chi connectivity index (χ1n) is 8.48. The van der Waals surface area contributed by atoms with Gasteiger partial charge in [-0.05, 0) is 59.1 Å². The fourth-order valence-corrected chi connectivity index (χ4v) is 4.27. The van der Waals surface area contributed by atoms with E-state index in [1.54, 1.807) is 0 Å². The van der Waals surface area contributed by atoms with Gasteiger partial charge >= 0.3 is 0 Å². The number of halogens is 2. The summed E-state index contributed by atoms with van der Waals surface area (Å²) in [5.74, 6) is 0.870. The highest BCUT2D eigenvalue weighted by molar-refractivity contribution is 9.11. The number of nitrogens with one attached hydrogen (secondary N) is 1. The maximum absolute atomic E-state index is 6.14. The highest BCUT2D eigenvalue weighted by atomic mass is 79.9. The standard InChI is InChI=1S/C22H21Br2NO/c1-15-8-9-21(16(2)10-15)25-13-18-11-19(23)12-20(24)22(18)26-14-17-6-4-3-5-7-17/h3-12,25H,13-14H2,1-2H3. The minimum atomic E-state index is 0.539. The minimum absolute atomic E-state index is 0.539. The minimum Gasteiger partial charge on any atom is -0.487 e. The van der Waals surface area contributed by atoms with Crippen molar-refractivity contribution >= 4 is 37.5 Å². The van der Waals surface area contributed by atoms with Gasteiger partial charge in [0, 0.05) is 22.3 Å². The van der Waals surface area contributed by atoms with Gasteiger partial charge in [0.2, 0.25) is 0 Å². The Morgan fingerprint density at radius 3 is 2.42 bits per heavy atom. The molecule has 0 saturated heterocycles. The third-order valence-electron chi connectivity index (χ3n) is 4.16. The summed E-state index contributed by atoms with van der Waals surface area (Å²) in [6.07, 6.45) is 0. The molecule has 0 radical (unpaired) electrons. The van der Waals surface area contributed by atoms with Crippen LogP contribution < -0.4 is 10.1 Å². The van der Waals surface area contributed by atoms with Crippen molar-refractivity contribution in [2.45, 2.75) is 27.0 Å². The second-order valence-corrected chi connectivity index (χ2v) is 8.09. The Morgan fingerprint density at radius 1 is 0.923 bits per heavy atom. The third kappa shape index (κ3) is 4.89. The molecule has 26 heavy (non-hydrogen) atoms. The number of anilines is 1. The first-order valence-corrected chi connectivity index (χ1v) is 10.1. The van der Waals surface area contributed by atoms with Crippen LogP contribution in [-0.4, -0.2) is 0 Å². The number of hydrogen-bond acceptors (Lipinski definition) is 2. The topological polar surface area (TPSA) is 21.3 Å². The summed E-state index contributed by atoms with van der Waals surface area (Å²) in [5, 5.41) is 3.53. The zero-order valence-corrected chi connectivity index (χ0v) is 18.0. The molecule has 0 amide bonds. The van der Waals surface area contributed by atoms with Crippen LogP contribution in [-0.2, 0) is 13.2 Å². The number of ether oxygens (including phenoxy) is 1. The summed E-state index contributed by atoms with van der Waals surface area (Å²) >= 11 is 7.22. The van der Waals surface area contributed by atoms with Crippen LogP contribution in [0.25, 0.3) is 0 Å². The zero-order valence-electron chi connectivity index (χ0n) is 14.9. The van der Waals surface area contributed by atoms with E-state index in [0.29, 0.717) is 13.2 Å². The van der Waals surface area contributed by atoms with Gasteiger partial charge in [-0.2, -0.15) is 0 Å². The van der Waals surface area contributed by atoms with Gasteiger partial charge in [-0.25, -0.2) is 0 Å². The number of rotatable bonds is 6. The van der Waals surface area contributed by atoms with Gasteiger partial charge in [-0.3, -0.25) is 0 Å². The Balaban J connectivity index is 1.79. The molecule has 0 spiro atoms. The van der Waals surface area contributed by atoms with E-state index in [1.165, 1.54) is 11.1 Å². The molecule has 0 aromatic heterocycles. The molecule has 3 rings (SSSR count). The lowest BCUT2D eigenvalue weighted by molar-refractivity contribution is 0.301. The van der Waals surface area contributed by atoms with Crippen molar-refractivity contribution in [2.75, 3.05) is 5.32 Å². The Labute approximate surface area is 171 Å². The van der Waals surface area contributed by atoms with Crippen LogP contribution >= 0.6 is 31.9 Å². The molecule has 4 heteroatoms. The Bertz CT molecular complexity index is 894. The quantitative estimate of drug-likeness (QED) is 0.414. The average molecular weight is 475 g/mol. The third-order valence-corrected chi connectivity index (χ3v) is 5.21. The number of aryl methyl sites for hydroxylation is 2. The van der Waals surface area contributed by atoms with E-state index in [1.807, 2.05) is 24.3 Å². The molecule has 0 fully saturated rings. The maximum atomic E-state index is 6.14. The molecule has 0 unspecified atom stereocenters. The smallest absolute Gasteiger partial charge is 0.139 e. The van der Waals surface area contributed by atoms with Crippen LogP contribution in [0.15, 0.2) is 69.6 Å². The van der Waals surface area contributed by atoms with E-state index in [0.717, 1.165) is 31.5 Å². The lowest BCUT2D eigenvalue weighted by Crippen LogP contribution is -2.05. The molecule has 0 atom stereocenters. The number of benzene rings is 3. The SMILES string of the molecule is Cc1ccc(NCc2cc(Br)cc(Br)c2OCc2ccccc2)c(C)c1. The summed E-state index contributed by atoms with van der Waals surface area (Å²) in [4.78, 5) is 0. The Hall–Kier alpha value is -1.78. The first kappa shape index (κ1) is 19.0. The predicted molar refractivity (Wildman–Crippen MR) is 116 cm³/mol. The molecule has 1 N–H and O–H groups in total. The van der Waals surface area contributed by atoms with Crippen molar-refractivity contribution < 1.29 is 4.74 Å². The van der Waals surface area contributed by atoms with Gasteiger partial charge in [-0.1, -0.05) is 64.0 Å². The average Bonchev–Trinajstić information content (AvgIpc) is 2.61. The summed E-state index contributed by atoms with van der Waals surface area (Å²) in [6.45, 7) is 5.46. The molecule has 0 aliphatic carbocycles. The van der Waals surface area contributed by atoms with E-state index >= 15 is 0 Å². The lowest BCUT2D eigenvalue weighted by atomic mass is 10.1. The number of hydrogen-bond donors (Lipinski definition) is 1. The molecule has 0 aliphatic rings. The van der Waals surface area contributed by atoms with Crippen molar-refractivity contribution in [2.24, 2.45) is 0 Å². The van der Waals surface area contributed by atoms with Crippen molar-refractivity contribution in [3.05, 3.63) is 91.9 Å². The van der Waals surface area contributed by atoms with Crippen LogP contribution in [0.2, 0.25) is 0 Å². The zero-order chi connectivity index (χ0) is 18.5. The van der Waals surface area contributed by atoms with Crippen molar-refractivity contribution in [1.29, 1.82) is 0 Å². The van der Waals surface area contributed by atoms with Crippen molar-refractivity contribution in [1.82, 2.24) is 0 Å². The van der Waals surface area contributed by atoms with E-state index in [2.05, 4.69) is 87.4 Å². The molecule has 0 heterocycles. The van der Waals surface area contributed by atoms with Crippen LogP contribution in [0.4, 0.5) is 5.69 Å². The van der Waals surface area contributed by atoms with Crippen LogP contribution in [0.5, 0.6) is 5.75 Å². The molecule has 2 nitrogen and oxygen atoms in total. The van der Waals surface area contributed by atoms with Crippen LogP contribution in [0.1, 0.15) is 22.3 Å². The second kappa shape index (κ2) is 8.74. The monoisotopic (exact) mass is 473 g/mol. The predicted octanol–water partition coefficient (Wildman–Crippen LogP) is 7.02. The summed E-state index contributed by atoms with van der Waals surface area (Å²) in [7, 11) is 0. The molecule has 134 valence electrons. The van der Waals surface area contributed by atoms with E-state index < -0.39 is 0 Å². The molecule has 0 aliphatic heterocycles. The van der Waals surface area contributed by atoms with Gasteiger partial charge in [0.15, 0.2) is 0 Å². The second-order valence-electron chi connectivity index (χ2n) is 6.32. The maximum Gasteiger partial charge on any atom is 0.139 e.